The number of nitrogens with one attached hydrogen (secondary N) is 2. The smallest absolute Gasteiger partial charge is 0.305 e. The van der Waals surface area contributed by atoms with Crippen LogP contribution >= 0.6 is 11.8 Å². The number of aliphatic hydroxyl groups is 1. The number of ether oxygens (including phenoxy) is 2. The summed E-state index contributed by atoms with van der Waals surface area (Å²) >= 11 is 1.66. The van der Waals surface area contributed by atoms with Gasteiger partial charge in [0.25, 0.3) is 0 Å². The Kier molecular flexibility index (Phi) is 15.4. The summed E-state index contributed by atoms with van der Waals surface area (Å²) in [5.74, 6) is 0.637. The average Bonchev–Trinajstić information content (AvgIpc) is 3.09. The Labute approximate surface area is 282 Å². The molecule has 4 rings (SSSR count). The van der Waals surface area contributed by atoms with Crippen LogP contribution < -0.4 is 15.4 Å². The lowest BCUT2D eigenvalue weighted by atomic mass is 9.98. The highest BCUT2D eigenvalue weighted by atomic mass is 32.2. The van der Waals surface area contributed by atoms with E-state index in [1.54, 1.807) is 11.8 Å². The first-order valence-corrected chi connectivity index (χ1v) is 17.5. The van der Waals surface area contributed by atoms with E-state index in [0.717, 1.165) is 41.9 Å². The molecule has 0 aromatic heterocycles. The molecule has 3 N–H and O–H groups in total. The average molecular weight is 659 g/mol. The van der Waals surface area contributed by atoms with Crippen LogP contribution in [-0.2, 0) is 37.9 Å². The first-order valence-electron chi connectivity index (χ1n) is 16.4. The molecule has 0 saturated carbocycles. The zero-order chi connectivity index (χ0) is 33.1. The standard InChI is InChI=1S/C38H46N2O6S/c41-24-33(22-29-18-20-35(21-19-29)45-25-30-12-6-4-7-13-30)39-36(42)23-32-16-10-2-1-3-11-17-37(43)46-26-34(40-38(32)44)28-47-27-31-14-8-5-9-15-31/h2,4-10,12-15,18-21,32-34,41H,1,3,11,16-17,22-28H2,(H,39,42)(H,40,44)/t32-,33+,34-/m1/s1. The molecule has 3 aromatic carbocycles. The highest BCUT2D eigenvalue weighted by Crippen LogP contribution is 2.18. The van der Waals surface area contributed by atoms with Crippen molar-refractivity contribution in [2.24, 2.45) is 5.92 Å². The fourth-order valence-corrected chi connectivity index (χ4v) is 6.23. The minimum atomic E-state index is -0.605. The monoisotopic (exact) mass is 658 g/mol. The molecule has 1 heterocycles. The predicted molar refractivity (Wildman–Crippen MR) is 186 cm³/mol. The van der Waals surface area contributed by atoms with E-state index in [1.807, 2.05) is 84.9 Å². The maximum atomic E-state index is 13.5. The second-order valence-electron chi connectivity index (χ2n) is 11.8. The van der Waals surface area contributed by atoms with E-state index in [2.05, 4.69) is 22.8 Å². The Bertz CT molecular complexity index is 1400. The van der Waals surface area contributed by atoms with Gasteiger partial charge < -0.3 is 25.2 Å². The number of carbonyl (C=O) groups is 3. The molecule has 250 valence electrons. The van der Waals surface area contributed by atoms with E-state index in [9.17, 15) is 19.5 Å². The minimum Gasteiger partial charge on any atom is -0.489 e. The molecule has 1 aliphatic heterocycles. The Morgan fingerprint density at radius 3 is 2.38 bits per heavy atom. The van der Waals surface area contributed by atoms with Crippen LogP contribution in [0.25, 0.3) is 0 Å². The van der Waals surface area contributed by atoms with Gasteiger partial charge in [0.05, 0.1) is 24.6 Å². The summed E-state index contributed by atoms with van der Waals surface area (Å²) in [7, 11) is 0. The van der Waals surface area contributed by atoms with Gasteiger partial charge in [0.2, 0.25) is 11.8 Å². The molecule has 2 amide bonds. The van der Waals surface area contributed by atoms with Gasteiger partial charge >= 0.3 is 5.97 Å². The molecule has 9 heteroatoms. The van der Waals surface area contributed by atoms with E-state index in [4.69, 9.17) is 9.47 Å². The minimum absolute atomic E-state index is 0.0252. The number of thioether (sulfide) groups is 1. The summed E-state index contributed by atoms with van der Waals surface area (Å²) in [6, 6.07) is 26.7. The van der Waals surface area contributed by atoms with Crippen molar-refractivity contribution in [1.82, 2.24) is 10.6 Å². The molecule has 0 bridgehead atoms. The Hall–Kier alpha value is -4.08. The van der Waals surface area contributed by atoms with Gasteiger partial charge in [-0.2, -0.15) is 11.8 Å². The van der Waals surface area contributed by atoms with E-state index in [0.29, 0.717) is 31.6 Å². The van der Waals surface area contributed by atoms with E-state index < -0.39 is 12.0 Å². The van der Waals surface area contributed by atoms with Gasteiger partial charge in [-0.25, -0.2) is 0 Å². The molecule has 3 atom stereocenters. The second-order valence-corrected chi connectivity index (χ2v) is 12.8. The third-order valence-electron chi connectivity index (χ3n) is 7.85. The third kappa shape index (κ3) is 13.7. The molecule has 0 radical (unpaired) electrons. The molecule has 0 aliphatic carbocycles. The number of aliphatic hydroxyl groups excluding tert-OH is 1. The molecular weight excluding hydrogens is 612 g/mol. The SMILES string of the molecule is O=C(C[C@H]1CC=CCCCCC(=O)OC[C@H](CSCc2ccccc2)NC1=O)N[C@H](CO)Cc1ccc(OCc2ccccc2)cc1. The van der Waals surface area contributed by atoms with Crippen molar-refractivity contribution in [1.29, 1.82) is 0 Å². The normalized spacial score (nSPS) is 18.3. The summed E-state index contributed by atoms with van der Waals surface area (Å²) in [5, 5.41) is 16.0. The summed E-state index contributed by atoms with van der Waals surface area (Å²) in [4.78, 5) is 39.0. The van der Waals surface area contributed by atoms with Gasteiger partial charge in [0.1, 0.15) is 19.0 Å². The number of benzene rings is 3. The first-order chi connectivity index (χ1) is 23.0. The topological polar surface area (TPSA) is 114 Å². The van der Waals surface area contributed by atoms with Gasteiger partial charge in [-0.15, -0.1) is 0 Å². The zero-order valence-electron chi connectivity index (χ0n) is 26.9. The van der Waals surface area contributed by atoms with Crippen molar-refractivity contribution in [3.05, 3.63) is 114 Å². The molecule has 0 saturated heterocycles. The van der Waals surface area contributed by atoms with Crippen molar-refractivity contribution >= 4 is 29.5 Å². The molecular formula is C38H46N2O6S. The predicted octanol–water partition coefficient (Wildman–Crippen LogP) is 5.77. The quantitative estimate of drug-likeness (QED) is 0.158. The number of esters is 1. The number of amides is 2. The van der Waals surface area contributed by atoms with Crippen LogP contribution in [-0.4, -0.2) is 53.9 Å². The van der Waals surface area contributed by atoms with Crippen LogP contribution in [0.2, 0.25) is 0 Å². The third-order valence-corrected chi connectivity index (χ3v) is 9.03. The molecule has 1 aliphatic rings. The maximum Gasteiger partial charge on any atom is 0.305 e. The van der Waals surface area contributed by atoms with E-state index in [-0.39, 0.29) is 43.5 Å². The zero-order valence-corrected chi connectivity index (χ0v) is 27.7. The van der Waals surface area contributed by atoms with Crippen LogP contribution in [0.1, 0.15) is 55.2 Å². The lowest BCUT2D eigenvalue weighted by Gasteiger charge is -2.23. The highest BCUT2D eigenvalue weighted by Gasteiger charge is 2.25. The van der Waals surface area contributed by atoms with Crippen molar-refractivity contribution in [2.75, 3.05) is 19.0 Å². The van der Waals surface area contributed by atoms with E-state index >= 15 is 0 Å². The summed E-state index contributed by atoms with van der Waals surface area (Å²) in [5.41, 5.74) is 3.20. The van der Waals surface area contributed by atoms with Crippen LogP contribution in [0.3, 0.4) is 0 Å². The number of cyclic esters (lactones) is 1. The highest BCUT2D eigenvalue weighted by molar-refractivity contribution is 7.98. The number of rotatable bonds is 13. The molecule has 0 spiro atoms. The van der Waals surface area contributed by atoms with Crippen LogP contribution in [0.15, 0.2) is 97.1 Å². The van der Waals surface area contributed by atoms with Gasteiger partial charge in [-0.05, 0) is 60.9 Å². The molecule has 0 unspecified atom stereocenters. The maximum absolute atomic E-state index is 13.5. The van der Waals surface area contributed by atoms with Gasteiger partial charge in [-0.1, -0.05) is 84.9 Å². The van der Waals surface area contributed by atoms with Crippen LogP contribution in [0, 0.1) is 5.92 Å². The summed E-state index contributed by atoms with van der Waals surface area (Å²) in [6.45, 7) is 0.322. The largest absolute Gasteiger partial charge is 0.489 e. The van der Waals surface area contributed by atoms with Gasteiger partial charge in [0, 0.05) is 24.3 Å². The van der Waals surface area contributed by atoms with Crippen molar-refractivity contribution in [2.45, 2.75) is 69.4 Å². The number of hydrogen-bond donors (Lipinski definition) is 3. The molecule has 3 aromatic rings. The summed E-state index contributed by atoms with van der Waals surface area (Å²) < 4.78 is 11.4. The number of hydrogen-bond acceptors (Lipinski definition) is 7. The van der Waals surface area contributed by atoms with Crippen molar-refractivity contribution in [3.8, 4) is 5.75 Å². The van der Waals surface area contributed by atoms with E-state index in [1.165, 1.54) is 5.56 Å². The van der Waals surface area contributed by atoms with Crippen LogP contribution in [0.4, 0.5) is 0 Å². The number of carbonyl (C=O) groups excluding carboxylic acids is 3. The lowest BCUT2D eigenvalue weighted by Crippen LogP contribution is -2.45. The fraction of sp³-hybridized carbons (Fsp3) is 0.395. The second kappa shape index (κ2) is 20.2. The molecule has 0 fully saturated rings. The van der Waals surface area contributed by atoms with Crippen molar-refractivity contribution < 1.29 is 29.0 Å². The van der Waals surface area contributed by atoms with Gasteiger partial charge in [0.15, 0.2) is 0 Å². The van der Waals surface area contributed by atoms with Crippen LogP contribution in [0.5, 0.6) is 5.75 Å². The number of allylic oxidation sites excluding steroid dienone is 2. The summed E-state index contributed by atoms with van der Waals surface area (Å²) in [6.07, 6.45) is 7.50. The molecule has 47 heavy (non-hydrogen) atoms. The molecule has 8 nitrogen and oxygen atoms in total. The Balaban J connectivity index is 1.32. The van der Waals surface area contributed by atoms with Crippen molar-refractivity contribution in [3.63, 3.8) is 0 Å². The Morgan fingerprint density at radius 2 is 1.66 bits per heavy atom. The first kappa shape index (κ1) is 35.8. The Morgan fingerprint density at radius 1 is 0.936 bits per heavy atom. The van der Waals surface area contributed by atoms with Gasteiger partial charge in [-0.3, -0.25) is 14.4 Å². The lowest BCUT2D eigenvalue weighted by molar-refractivity contribution is -0.145. The fourth-order valence-electron chi connectivity index (χ4n) is 5.22.